The van der Waals surface area contributed by atoms with Gasteiger partial charge in [-0.15, -0.1) is 0 Å². The highest BCUT2D eigenvalue weighted by Crippen LogP contribution is 2.37. The molecule has 3 N–H and O–H groups in total. The Hall–Kier alpha value is -2.80. The van der Waals surface area contributed by atoms with Gasteiger partial charge in [-0.2, -0.15) is 5.10 Å². The number of H-pyrrole nitrogens is 1. The molecule has 4 aromatic rings. The number of benzene rings is 2. The molecule has 0 radical (unpaired) electrons. The number of nitrogens with zero attached hydrogens (tertiary/aromatic N) is 2. The number of amides is 1. The van der Waals surface area contributed by atoms with Crippen LogP contribution in [0.5, 0.6) is 0 Å². The third-order valence-electron chi connectivity index (χ3n) is 6.17. The Labute approximate surface area is 195 Å². The Morgan fingerprint density at radius 2 is 1.97 bits per heavy atom. The normalized spacial score (nSPS) is 18.7. The van der Waals surface area contributed by atoms with E-state index in [4.69, 9.17) is 23.2 Å². The fourth-order valence-corrected chi connectivity index (χ4v) is 4.97. The molecule has 0 unspecified atom stereocenters. The number of aromatic amines is 1. The minimum absolute atomic E-state index is 0.183. The number of rotatable bonds is 5. The highest BCUT2D eigenvalue weighted by Gasteiger charge is 2.30. The van der Waals surface area contributed by atoms with Crippen molar-refractivity contribution in [2.24, 2.45) is 5.92 Å². The van der Waals surface area contributed by atoms with Crippen molar-refractivity contribution >= 4 is 45.8 Å². The zero-order chi connectivity index (χ0) is 22.1. The van der Waals surface area contributed by atoms with Crippen molar-refractivity contribution in [3.63, 3.8) is 0 Å². The van der Waals surface area contributed by atoms with E-state index in [-0.39, 0.29) is 22.0 Å². The minimum Gasteiger partial charge on any atom is -0.361 e. The summed E-state index contributed by atoms with van der Waals surface area (Å²) in [4.78, 5) is 16.1. The molecule has 2 aromatic carbocycles. The second kappa shape index (κ2) is 8.98. The van der Waals surface area contributed by atoms with E-state index in [0.717, 1.165) is 25.0 Å². The molecule has 1 amide bonds. The molecule has 0 spiro atoms. The summed E-state index contributed by atoms with van der Waals surface area (Å²) in [6, 6.07) is 17.6. The minimum atomic E-state index is -0.249. The largest absolute Gasteiger partial charge is 0.361 e. The summed E-state index contributed by atoms with van der Waals surface area (Å²) in [6.07, 6.45) is 3.00. The zero-order valence-electron chi connectivity index (χ0n) is 17.3. The first kappa shape index (κ1) is 21.1. The number of hydrogen-bond acceptors (Lipinski definition) is 3. The number of halogens is 2. The number of carbonyl (C=O) groups is 1. The second-order valence-corrected chi connectivity index (χ2v) is 8.84. The van der Waals surface area contributed by atoms with Gasteiger partial charge in [0, 0.05) is 35.8 Å². The van der Waals surface area contributed by atoms with E-state index in [0.29, 0.717) is 23.8 Å². The monoisotopic (exact) mass is 467 g/mol. The van der Waals surface area contributed by atoms with Crippen LogP contribution in [0.1, 0.15) is 28.3 Å². The molecule has 1 aliphatic heterocycles. The number of piperidine rings is 1. The SMILES string of the molecule is O=C(Nc1c(Cl)c(Cl)nn1C[C@@H]1CNCC[C@@H]1c1cccc2[nH]ccc12)c1ccccc1. The number of anilines is 1. The van der Waals surface area contributed by atoms with Crippen LogP contribution in [0.3, 0.4) is 0 Å². The molecule has 6 nitrogen and oxygen atoms in total. The van der Waals surface area contributed by atoms with Gasteiger partial charge >= 0.3 is 0 Å². The van der Waals surface area contributed by atoms with Crippen LogP contribution in [0.15, 0.2) is 60.8 Å². The standard InChI is InChI=1S/C24H23Cl2N5O/c25-21-22(26)30-31(23(21)29-24(32)15-5-2-1-3-6-15)14-16-13-27-11-9-17(16)18-7-4-8-20-19(18)10-12-28-20/h1-8,10,12,16-17,27-28H,9,11,13-14H2,(H,29,32)/t16-,17-/m0/s1. The number of hydrogen-bond donors (Lipinski definition) is 3. The Balaban J connectivity index is 1.44. The number of aromatic nitrogens is 3. The fraction of sp³-hybridized carbons (Fsp3) is 0.250. The van der Waals surface area contributed by atoms with E-state index in [2.05, 4.69) is 45.0 Å². The Morgan fingerprint density at radius 1 is 1.12 bits per heavy atom. The van der Waals surface area contributed by atoms with E-state index in [9.17, 15) is 4.79 Å². The molecule has 1 saturated heterocycles. The van der Waals surface area contributed by atoms with Crippen LogP contribution in [0, 0.1) is 5.92 Å². The van der Waals surface area contributed by atoms with Crippen LogP contribution in [0.25, 0.3) is 10.9 Å². The van der Waals surface area contributed by atoms with E-state index in [1.807, 2.05) is 24.4 Å². The molecule has 1 aliphatic rings. The van der Waals surface area contributed by atoms with Gasteiger partial charge in [0.1, 0.15) is 5.02 Å². The van der Waals surface area contributed by atoms with E-state index < -0.39 is 0 Å². The lowest BCUT2D eigenvalue weighted by Gasteiger charge is -2.33. The molecule has 2 aromatic heterocycles. The predicted octanol–water partition coefficient (Wildman–Crippen LogP) is 5.32. The topological polar surface area (TPSA) is 74.7 Å². The third-order valence-corrected chi connectivity index (χ3v) is 6.89. The molecular formula is C24H23Cl2N5O. The Morgan fingerprint density at radius 3 is 2.81 bits per heavy atom. The molecular weight excluding hydrogens is 445 g/mol. The maximum Gasteiger partial charge on any atom is 0.256 e. The first-order valence-corrected chi connectivity index (χ1v) is 11.4. The molecule has 2 atom stereocenters. The Kier molecular flexibility index (Phi) is 5.91. The maximum atomic E-state index is 12.8. The van der Waals surface area contributed by atoms with E-state index >= 15 is 0 Å². The van der Waals surface area contributed by atoms with Crippen LogP contribution < -0.4 is 10.6 Å². The van der Waals surface area contributed by atoms with Gasteiger partial charge in [-0.1, -0.05) is 53.5 Å². The summed E-state index contributed by atoms with van der Waals surface area (Å²) in [5.41, 5.74) is 3.01. The lowest BCUT2D eigenvalue weighted by atomic mass is 9.80. The zero-order valence-corrected chi connectivity index (χ0v) is 18.8. The van der Waals surface area contributed by atoms with Gasteiger partial charge in [-0.25, -0.2) is 4.68 Å². The predicted molar refractivity (Wildman–Crippen MR) is 129 cm³/mol. The first-order valence-electron chi connectivity index (χ1n) is 10.7. The van der Waals surface area contributed by atoms with Gasteiger partial charge in [0.25, 0.3) is 5.91 Å². The molecule has 5 rings (SSSR count). The molecule has 0 saturated carbocycles. The van der Waals surface area contributed by atoms with Crippen LogP contribution in [-0.2, 0) is 6.54 Å². The molecule has 32 heavy (non-hydrogen) atoms. The van der Waals surface area contributed by atoms with Crippen molar-refractivity contribution in [2.45, 2.75) is 18.9 Å². The number of carbonyl (C=O) groups excluding carboxylic acids is 1. The Bertz CT molecular complexity index is 1250. The summed E-state index contributed by atoms with van der Waals surface area (Å²) in [5, 5.41) is 12.5. The summed E-state index contributed by atoms with van der Waals surface area (Å²) < 4.78 is 1.73. The number of nitrogens with one attached hydrogen (secondary N) is 3. The van der Waals surface area contributed by atoms with Gasteiger partial charge in [-0.05, 0) is 54.6 Å². The van der Waals surface area contributed by atoms with Crippen LogP contribution in [0.4, 0.5) is 5.82 Å². The summed E-state index contributed by atoms with van der Waals surface area (Å²) >= 11 is 12.7. The van der Waals surface area contributed by atoms with E-state index in [1.54, 1.807) is 16.8 Å². The van der Waals surface area contributed by atoms with E-state index in [1.165, 1.54) is 10.9 Å². The smallest absolute Gasteiger partial charge is 0.256 e. The fourth-order valence-electron chi connectivity index (χ4n) is 4.61. The average molecular weight is 468 g/mol. The van der Waals surface area contributed by atoms with Crippen LogP contribution in [0.2, 0.25) is 10.2 Å². The highest BCUT2D eigenvalue weighted by atomic mass is 35.5. The van der Waals surface area contributed by atoms with Crippen molar-refractivity contribution < 1.29 is 4.79 Å². The van der Waals surface area contributed by atoms with Gasteiger partial charge < -0.3 is 15.6 Å². The molecule has 164 valence electrons. The first-order chi connectivity index (χ1) is 15.6. The molecule has 3 heterocycles. The van der Waals surface area contributed by atoms with Crippen LogP contribution in [-0.4, -0.2) is 33.8 Å². The van der Waals surface area contributed by atoms with Gasteiger partial charge in [0.05, 0.1) is 0 Å². The van der Waals surface area contributed by atoms with Crippen LogP contribution >= 0.6 is 23.2 Å². The van der Waals surface area contributed by atoms with Crippen molar-refractivity contribution in [2.75, 3.05) is 18.4 Å². The van der Waals surface area contributed by atoms with Crippen molar-refractivity contribution in [3.8, 4) is 0 Å². The average Bonchev–Trinajstić information content (AvgIpc) is 3.40. The lowest BCUT2D eigenvalue weighted by molar-refractivity contribution is 0.102. The summed E-state index contributed by atoms with van der Waals surface area (Å²) in [7, 11) is 0. The number of fused-ring (bicyclic) bond motifs is 1. The van der Waals surface area contributed by atoms with Gasteiger partial charge in [0.2, 0.25) is 0 Å². The molecule has 0 aliphatic carbocycles. The van der Waals surface area contributed by atoms with Crippen molar-refractivity contribution in [1.82, 2.24) is 20.1 Å². The van der Waals surface area contributed by atoms with Crippen molar-refractivity contribution in [1.29, 1.82) is 0 Å². The third kappa shape index (κ3) is 4.01. The van der Waals surface area contributed by atoms with Gasteiger partial charge in [0.15, 0.2) is 11.0 Å². The quantitative estimate of drug-likeness (QED) is 0.371. The lowest BCUT2D eigenvalue weighted by Crippen LogP contribution is -2.38. The van der Waals surface area contributed by atoms with Gasteiger partial charge in [-0.3, -0.25) is 4.79 Å². The summed E-state index contributed by atoms with van der Waals surface area (Å²) in [6.45, 7) is 2.38. The maximum absolute atomic E-state index is 12.8. The highest BCUT2D eigenvalue weighted by molar-refractivity contribution is 6.43. The molecule has 8 heteroatoms. The second-order valence-electron chi connectivity index (χ2n) is 8.10. The molecule has 1 fully saturated rings. The molecule has 0 bridgehead atoms. The summed E-state index contributed by atoms with van der Waals surface area (Å²) in [5.74, 6) is 0.772. The van der Waals surface area contributed by atoms with Crippen molar-refractivity contribution in [3.05, 3.63) is 82.1 Å².